The maximum Gasteiger partial charge on any atom is 0.309 e. The molecule has 2 rings (SSSR count). The van der Waals surface area contributed by atoms with E-state index >= 15 is 0 Å². The number of hydrogen-bond donors (Lipinski definition) is 0. The molecule has 0 saturated heterocycles. The molecule has 0 fully saturated rings. The van der Waals surface area contributed by atoms with Crippen molar-refractivity contribution in [3.63, 3.8) is 0 Å². The lowest BCUT2D eigenvalue weighted by atomic mass is 10.1. The highest BCUT2D eigenvalue weighted by atomic mass is 32.2. The zero-order valence-electron chi connectivity index (χ0n) is 15.3. The standard InChI is InChI=1S/C20H26O3SSi/c1-16(25(3,4)18-13-9-6-10-14-18)19(20(21)23-2)15-24(22)17-11-7-5-8-12-17/h5-14,16,19H,15H2,1-4H3/t16-,19+,24?/m0/s1. The fraction of sp³-hybridized carbons (Fsp3) is 0.350. The van der Waals surface area contributed by atoms with Gasteiger partial charge in [0.1, 0.15) is 0 Å². The van der Waals surface area contributed by atoms with Crippen molar-refractivity contribution in [1.82, 2.24) is 0 Å². The molecule has 134 valence electrons. The Balaban J connectivity index is 2.27. The van der Waals surface area contributed by atoms with E-state index in [1.807, 2.05) is 48.5 Å². The molecule has 0 amide bonds. The predicted molar refractivity (Wildman–Crippen MR) is 106 cm³/mol. The Kier molecular flexibility index (Phi) is 6.73. The molecule has 0 N–H and O–H groups in total. The van der Waals surface area contributed by atoms with Gasteiger partial charge in [0.05, 0.1) is 31.9 Å². The Morgan fingerprint density at radius 2 is 1.56 bits per heavy atom. The largest absolute Gasteiger partial charge is 0.469 e. The van der Waals surface area contributed by atoms with Crippen LogP contribution in [0, 0.1) is 5.92 Å². The zero-order valence-corrected chi connectivity index (χ0v) is 17.1. The zero-order chi connectivity index (χ0) is 18.4. The topological polar surface area (TPSA) is 43.4 Å². The minimum atomic E-state index is -1.93. The second-order valence-corrected chi connectivity index (χ2v) is 13.3. The van der Waals surface area contributed by atoms with Crippen LogP contribution in [0.25, 0.3) is 0 Å². The molecule has 25 heavy (non-hydrogen) atoms. The summed E-state index contributed by atoms with van der Waals surface area (Å²) in [5, 5.41) is 1.29. The smallest absolute Gasteiger partial charge is 0.309 e. The van der Waals surface area contributed by atoms with Gasteiger partial charge >= 0.3 is 5.97 Å². The summed E-state index contributed by atoms with van der Waals surface area (Å²) in [6.45, 7) is 6.62. The fourth-order valence-electron chi connectivity index (χ4n) is 3.03. The molecule has 0 heterocycles. The summed E-state index contributed by atoms with van der Waals surface area (Å²) in [6, 6.07) is 19.6. The molecule has 0 bridgehead atoms. The number of ether oxygens (including phenoxy) is 1. The lowest BCUT2D eigenvalue weighted by Gasteiger charge is -2.34. The number of esters is 1. The highest BCUT2D eigenvalue weighted by Crippen LogP contribution is 2.32. The molecular formula is C20H26O3SSi. The first-order valence-corrected chi connectivity index (χ1v) is 12.8. The maximum atomic E-state index is 12.8. The molecule has 1 unspecified atom stereocenters. The van der Waals surface area contributed by atoms with Crippen molar-refractivity contribution in [3.05, 3.63) is 60.7 Å². The van der Waals surface area contributed by atoms with Gasteiger partial charge in [0.2, 0.25) is 0 Å². The molecule has 0 aromatic heterocycles. The van der Waals surface area contributed by atoms with E-state index in [1.165, 1.54) is 12.3 Å². The Morgan fingerprint density at radius 3 is 2.08 bits per heavy atom. The van der Waals surface area contributed by atoms with Crippen LogP contribution in [0.5, 0.6) is 0 Å². The number of carbonyl (C=O) groups excluding carboxylic acids is 1. The second kappa shape index (κ2) is 8.58. The fourth-order valence-corrected chi connectivity index (χ4v) is 7.45. The third-order valence-electron chi connectivity index (χ3n) is 5.10. The Labute approximate surface area is 153 Å². The molecule has 3 atom stereocenters. The van der Waals surface area contributed by atoms with Crippen molar-refractivity contribution < 1.29 is 13.7 Å². The second-order valence-electron chi connectivity index (χ2n) is 6.83. The van der Waals surface area contributed by atoms with Gasteiger partial charge in [0, 0.05) is 10.6 Å². The van der Waals surface area contributed by atoms with Crippen molar-refractivity contribution in [3.8, 4) is 0 Å². The normalized spacial score (nSPS) is 15.2. The van der Waals surface area contributed by atoms with Crippen molar-refractivity contribution in [2.24, 2.45) is 5.92 Å². The van der Waals surface area contributed by atoms with Gasteiger partial charge in [-0.15, -0.1) is 0 Å². The summed E-state index contributed by atoms with van der Waals surface area (Å²) in [7, 11) is -1.75. The first-order valence-electron chi connectivity index (χ1n) is 8.44. The third kappa shape index (κ3) is 4.67. The average Bonchev–Trinajstić information content (AvgIpc) is 2.66. The Bertz CT molecular complexity index is 716. The molecule has 2 aromatic carbocycles. The third-order valence-corrected chi connectivity index (χ3v) is 11.1. The van der Waals surface area contributed by atoms with Crippen LogP contribution in [-0.2, 0) is 20.3 Å². The molecule has 0 radical (unpaired) electrons. The van der Waals surface area contributed by atoms with E-state index in [4.69, 9.17) is 4.74 Å². The van der Waals surface area contributed by atoms with E-state index in [0.29, 0.717) is 5.75 Å². The minimum Gasteiger partial charge on any atom is -0.469 e. The van der Waals surface area contributed by atoms with Gasteiger partial charge in [0.15, 0.2) is 0 Å². The van der Waals surface area contributed by atoms with Gasteiger partial charge in [-0.3, -0.25) is 9.00 Å². The summed E-state index contributed by atoms with van der Waals surface area (Å²) in [4.78, 5) is 13.2. The van der Waals surface area contributed by atoms with Crippen molar-refractivity contribution >= 4 is 30.0 Å². The van der Waals surface area contributed by atoms with Crippen LogP contribution in [-0.4, -0.2) is 31.1 Å². The van der Waals surface area contributed by atoms with E-state index in [1.54, 1.807) is 0 Å². The van der Waals surface area contributed by atoms with Gasteiger partial charge in [-0.05, 0) is 17.7 Å². The molecule has 3 nitrogen and oxygen atoms in total. The Hall–Kier alpha value is -1.72. The van der Waals surface area contributed by atoms with Crippen LogP contribution in [0.15, 0.2) is 65.6 Å². The quantitative estimate of drug-likeness (QED) is 0.549. The molecule has 0 saturated carbocycles. The lowest BCUT2D eigenvalue weighted by Crippen LogP contribution is -2.49. The highest BCUT2D eigenvalue weighted by Gasteiger charge is 2.40. The SMILES string of the molecule is COC(=O)[C@H](CS(=O)c1ccccc1)[C@H](C)[Si](C)(C)c1ccccc1. The average molecular weight is 375 g/mol. The van der Waals surface area contributed by atoms with Gasteiger partial charge in [-0.25, -0.2) is 0 Å². The van der Waals surface area contributed by atoms with E-state index in [2.05, 4.69) is 32.2 Å². The number of carbonyl (C=O) groups is 1. The van der Waals surface area contributed by atoms with Gasteiger partial charge in [0.25, 0.3) is 0 Å². The van der Waals surface area contributed by atoms with Crippen LogP contribution in [0.2, 0.25) is 18.6 Å². The number of hydrogen-bond acceptors (Lipinski definition) is 3. The number of benzene rings is 2. The predicted octanol–water partition coefficient (Wildman–Crippen LogP) is 3.59. The van der Waals surface area contributed by atoms with E-state index in [9.17, 15) is 9.00 Å². The van der Waals surface area contributed by atoms with Gasteiger partial charge in [-0.2, -0.15) is 0 Å². The first-order chi connectivity index (χ1) is 11.9. The lowest BCUT2D eigenvalue weighted by molar-refractivity contribution is -0.144. The maximum absolute atomic E-state index is 12.8. The number of methoxy groups -OCH3 is 1. The summed E-state index contributed by atoms with van der Waals surface area (Å²) >= 11 is 0. The van der Waals surface area contributed by atoms with Gasteiger partial charge < -0.3 is 4.74 Å². The summed E-state index contributed by atoms with van der Waals surface area (Å²) in [5.41, 5.74) is 0.106. The summed E-state index contributed by atoms with van der Waals surface area (Å²) in [5.74, 6) is -0.359. The van der Waals surface area contributed by atoms with Crippen molar-refractivity contribution in [2.45, 2.75) is 30.5 Å². The highest BCUT2D eigenvalue weighted by molar-refractivity contribution is 7.85. The van der Waals surface area contributed by atoms with E-state index < -0.39 is 18.9 Å². The van der Waals surface area contributed by atoms with E-state index in [0.717, 1.165) is 4.90 Å². The van der Waals surface area contributed by atoms with Crippen LogP contribution in [0.1, 0.15) is 6.92 Å². The molecule has 2 aromatic rings. The monoisotopic (exact) mass is 374 g/mol. The molecule has 5 heteroatoms. The minimum absolute atomic E-state index is 0.106. The van der Waals surface area contributed by atoms with Crippen molar-refractivity contribution in [1.29, 1.82) is 0 Å². The molecular weight excluding hydrogens is 348 g/mol. The summed E-state index contributed by atoms with van der Waals surface area (Å²) < 4.78 is 17.8. The molecule has 0 aliphatic carbocycles. The Morgan fingerprint density at radius 1 is 1.04 bits per heavy atom. The summed E-state index contributed by atoms with van der Waals surface area (Å²) in [6.07, 6.45) is 0. The van der Waals surface area contributed by atoms with Crippen molar-refractivity contribution in [2.75, 3.05) is 12.9 Å². The van der Waals surface area contributed by atoms with Crippen LogP contribution < -0.4 is 5.19 Å². The molecule has 0 aliphatic heterocycles. The molecule has 0 spiro atoms. The molecule has 0 aliphatic rings. The van der Waals surface area contributed by atoms with Crippen LogP contribution in [0.4, 0.5) is 0 Å². The van der Waals surface area contributed by atoms with Gasteiger partial charge in [-0.1, -0.05) is 73.7 Å². The van der Waals surface area contributed by atoms with Crippen LogP contribution >= 0.6 is 0 Å². The van der Waals surface area contributed by atoms with E-state index in [-0.39, 0.29) is 17.4 Å². The first kappa shape index (κ1) is 19.6. The number of rotatable bonds is 7. The van der Waals surface area contributed by atoms with Crippen LogP contribution in [0.3, 0.4) is 0 Å².